The Hall–Kier alpha value is -3.24. The number of hydrogen-bond donors (Lipinski definition) is 0. The maximum absolute atomic E-state index is 12.2. The van der Waals surface area contributed by atoms with Crippen molar-refractivity contribution in [2.75, 3.05) is 19.4 Å². The third-order valence-corrected chi connectivity index (χ3v) is 5.94. The molecule has 0 saturated carbocycles. The van der Waals surface area contributed by atoms with Gasteiger partial charge < -0.3 is 14.2 Å². The summed E-state index contributed by atoms with van der Waals surface area (Å²) in [6, 6.07) is 28.4. The molecule has 9 nitrogen and oxygen atoms in total. The Labute approximate surface area is 217 Å². The molecule has 0 aromatic heterocycles. The molecule has 0 amide bonds. The number of rotatable bonds is 16. The molecule has 0 saturated heterocycles. The Balaban J connectivity index is 1.85. The predicted molar refractivity (Wildman–Crippen MR) is 140 cm³/mol. The van der Waals surface area contributed by atoms with E-state index in [9.17, 15) is 8.42 Å². The molecule has 0 N–H and O–H groups in total. The Bertz CT molecular complexity index is 1210. The van der Waals surface area contributed by atoms with Crippen LogP contribution in [0.15, 0.2) is 96.1 Å². The van der Waals surface area contributed by atoms with E-state index in [0.717, 1.165) is 22.9 Å². The first-order valence-corrected chi connectivity index (χ1v) is 13.6. The van der Waals surface area contributed by atoms with Crippen molar-refractivity contribution in [2.45, 2.75) is 38.1 Å². The minimum Gasteiger partial charge on any atom is -0.374 e. The number of azide groups is 1. The Morgan fingerprint density at radius 2 is 1.24 bits per heavy atom. The zero-order chi connectivity index (χ0) is 26.3. The molecule has 3 atom stereocenters. The number of nitrogens with zero attached hydrogens (tertiary/aromatic N) is 3. The lowest BCUT2D eigenvalue weighted by Gasteiger charge is -2.32. The Morgan fingerprint density at radius 3 is 1.73 bits per heavy atom. The minimum absolute atomic E-state index is 0.0922. The molecule has 3 aromatic rings. The van der Waals surface area contributed by atoms with Gasteiger partial charge in [-0.3, -0.25) is 4.18 Å². The summed E-state index contributed by atoms with van der Waals surface area (Å²) in [7, 11) is -3.89. The SMILES string of the molecule is CS(=O)(=O)O[C@H](COCc1ccccc1)[C@H](OCc1ccccc1)C(CN=[N+]=[N-])OCc1ccccc1. The van der Waals surface area contributed by atoms with E-state index in [1.54, 1.807) is 0 Å². The maximum atomic E-state index is 12.2. The molecule has 0 heterocycles. The fourth-order valence-electron chi connectivity index (χ4n) is 3.64. The van der Waals surface area contributed by atoms with E-state index < -0.39 is 28.4 Å². The van der Waals surface area contributed by atoms with E-state index in [0.29, 0.717) is 0 Å². The molecule has 3 aromatic carbocycles. The highest BCUT2D eigenvalue weighted by Gasteiger charge is 2.35. The van der Waals surface area contributed by atoms with E-state index in [1.165, 1.54) is 0 Å². The molecule has 3 rings (SSSR count). The molecule has 0 aliphatic carbocycles. The summed E-state index contributed by atoms with van der Waals surface area (Å²) >= 11 is 0. The van der Waals surface area contributed by atoms with Gasteiger partial charge >= 0.3 is 0 Å². The standard InChI is InChI=1S/C27H31N3O6S/c1-37(31,32)36-26(21-33-18-22-11-5-2-6-12-22)27(35-20-24-15-9-4-10-16-24)25(17-29-30-28)34-19-23-13-7-3-8-14-23/h2-16,25-27H,17-21H2,1H3/t25?,26-,27-/m1/s1. The van der Waals surface area contributed by atoms with E-state index >= 15 is 0 Å². The molecule has 10 heteroatoms. The van der Waals surface area contributed by atoms with Crippen molar-refractivity contribution in [3.63, 3.8) is 0 Å². The van der Waals surface area contributed by atoms with Gasteiger partial charge in [-0.05, 0) is 22.2 Å². The first kappa shape index (κ1) is 28.3. The molecule has 37 heavy (non-hydrogen) atoms. The molecule has 0 spiro atoms. The zero-order valence-electron chi connectivity index (χ0n) is 20.6. The van der Waals surface area contributed by atoms with Crippen LogP contribution in [0.4, 0.5) is 0 Å². The Kier molecular flexibility index (Phi) is 11.6. The first-order valence-electron chi connectivity index (χ1n) is 11.8. The van der Waals surface area contributed by atoms with E-state index in [4.69, 9.17) is 23.9 Å². The average molecular weight is 526 g/mol. The van der Waals surface area contributed by atoms with Crippen molar-refractivity contribution >= 4 is 10.1 Å². The smallest absolute Gasteiger partial charge is 0.264 e. The van der Waals surface area contributed by atoms with Crippen molar-refractivity contribution in [3.8, 4) is 0 Å². The molecule has 1 unspecified atom stereocenters. The van der Waals surface area contributed by atoms with Crippen molar-refractivity contribution in [1.29, 1.82) is 0 Å². The van der Waals surface area contributed by atoms with Crippen LogP contribution < -0.4 is 0 Å². The maximum Gasteiger partial charge on any atom is 0.264 e. The summed E-state index contributed by atoms with van der Waals surface area (Å²) < 4.78 is 48.1. The van der Waals surface area contributed by atoms with Gasteiger partial charge in [-0.2, -0.15) is 8.42 Å². The van der Waals surface area contributed by atoms with Gasteiger partial charge in [-0.15, -0.1) is 0 Å². The molecule has 0 aliphatic rings. The monoisotopic (exact) mass is 525 g/mol. The fourth-order valence-corrected chi connectivity index (χ4v) is 4.25. The third-order valence-electron chi connectivity index (χ3n) is 5.34. The summed E-state index contributed by atoms with van der Waals surface area (Å²) in [6.45, 7) is 0.430. The van der Waals surface area contributed by atoms with Gasteiger partial charge in [0.2, 0.25) is 0 Å². The van der Waals surface area contributed by atoms with Gasteiger partial charge in [0.05, 0.1) is 45.3 Å². The lowest BCUT2D eigenvalue weighted by molar-refractivity contribution is -0.136. The lowest BCUT2D eigenvalue weighted by Crippen LogP contribution is -2.47. The van der Waals surface area contributed by atoms with E-state index in [1.807, 2.05) is 91.0 Å². The van der Waals surface area contributed by atoms with Crippen LogP contribution in [0.2, 0.25) is 0 Å². The summed E-state index contributed by atoms with van der Waals surface area (Å²) in [5, 5.41) is 3.70. The summed E-state index contributed by atoms with van der Waals surface area (Å²) in [6.07, 6.45) is -1.83. The minimum atomic E-state index is -3.89. The van der Waals surface area contributed by atoms with Crippen LogP contribution >= 0.6 is 0 Å². The first-order chi connectivity index (χ1) is 17.9. The number of hydrogen-bond acceptors (Lipinski definition) is 7. The summed E-state index contributed by atoms with van der Waals surface area (Å²) in [5.41, 5.74) is 11.7. The summed E-state index contributed by atoms with van der Waals surface area (Å²) in [4.78, 5) is 2.87. The highest BCUT2D eigenvalue weighted by molar-refractivity contribution is 7.86. The molecule has 196 valence electrons. The number of benzene rings is 3. The van der Waals surface area contributed by atoms with Crippen LogP contribution in [0, 0.1) is 0 Å². The third kappa shape index (κ3) is 10.7. The van der Waals surface area contributed by atoms with Crippen molar-refractivity contribution < 1.29 is 26.8 Å². The van der Waals surface area contributed by atoms with Crippen LogP contribution in [0.5, 0.6) is 0 Å². The van der Waals surface area contributed by atoms with Gasteiger partial charge in [0.15, 0.2) is 0 Å². The van der Waals surface area contributed by atoms with Crippen molar-refractivity contribution in [3.05, 3.63) is 118 Å². The van der Waals surface area contributed by atoms with Gasteiger partial charge in [-0.1, -0.05) is 96.1 Å². The molecular weight excluding hydrogens is 494 g/mol. The van der Waals surface area contributed by atoms with Crippen LogP contribution in [-0.4, -0.2) is 46.1 Å². The van der Waals surface area contributed by atoms with Crippen molar-refractivity contribution in [2.24, 2.45) is 5.11 Å². The van der Waals surface area contributed by atoms with Crippen LogP contribution in [0.1, 0.15) is 16.7 Å². The highest BCUT2D eigenvalue weighted by Crippen LogP contribution is 2.20. The van der Waals surface area contributed by atoms with E-state index in [-0.39, 0.29) is 33.0 Å². The van der Waals surface area contributed by atoms with Crippen LogP contribution in [0.3, 0.4) is 0 Å². The summed E-state index contributed by atoms with van der Waals surface area (Å²) in [5.74, 6) is 0. The average Bonchev–Trinajstić information content (AvgIpc) is 2.90. The Morgan fingerprint density at radius 1 is 0.757 bits per heavy atom. The second-order valence-electron chi connectivity index (χ2n) is 8.35. The lowest BCUT2D eigenvalue weighted by atomic mass is 10.1. The fraction of sp³-hybridized carbons (Fsp3) is 0.333. The highest BCUT2D eigenvalue weighted by atomic mass is 32.2. The van der Waals surface area contributed by atoms with Crippen LogP contribution in [0.25, 0.3) is 10.4 Å². The quantitative estimate of drug-likeness (QED) is 0.112. The van der Waals surface area contributed by atoms with E-state index in [2.05, 4.69) is 10.0 Å². The second kappa shape index (κ2) is 15.1. The second-order valence-corrected chi connectivity index (χ2v) is 9.95. The predicted octanol–water partition coefficient (Wildman–Crippen LogP) is 5.03. The van der Waals surface area contributed by atoms with Gasteiger partial charge in [-0.25, -0.2) is 0 Å². The zero-order valence-corrected chi connectivity index (χ0v) is 21.4. The van der Waals surface area contributed by atoms with Crippen molar-refractivity contribution in [1.82, 2.24) is 0 Å². The normalized spacial score (nSPS) is 13.9. The molecule has 0 aliphatic heterocycles. The molecule has 0 fully saturated rings. The van der Waals surface area contributed by atoms with Crippen LogP contribution in [-0.2, 0) is 48.3 Å². The molecule has 0 radical (unpaired) electrons. The van der Waals surface area contributed by atoms with Gasteiger partial charge in [0.25, 0.3) is 10.1 Å². The van der Waals surface area contributed by atoms with Gasteiger partial charge in [0, 0.05) is 4.91 Å². The molecule has 0 bridgehead atoms. The number of ether oxygens (including phenoxy) is 3. The van der Waals surface area contributed by atoms with Gasteiger partial charge in [0.1, 0.15) is 12.2 Å². The molecular formula is C27H31N3O6S. The topological polar surface area (TPSA) is 120 Å². The largest absolute Gasteiger partial charge is 0.374 e.